The first-order chi connectivity index (χ1) is 11.8. The van der Waals surface area contributed by atoms with Gasteiger partial charge in [0.25, 0.3) is 0 Å². The quantitative estimate of drug-likeness (QED) is 0.793. The maximum Gasteiger partial charge on any atom is 0.229 e. The second-order valence-corrected chi connectivity index (χ2v) is 6.67. The molecule has 0 saturated carbocycles. The van der Waals surface area contributed by atoms with Crippen molar-refractivity contribution in [1.29, 1.82) is 0 Å². The Morgan fingerprint density at radius 1 is 1.42 bits per heavy atom. The smallest absolute Gasteiger partial charge is 0.229 e. The van der Waals surface area contributed by atoms with E-state index in [0.29, 0.717) is 6.42 Å². The zero-order chi connectivity index (χ0) is 16.4. The SMILES string of the molecule is O=C(Cc1csc(-c2ccccn2)n1)N1CCC[C@@H]1c1cn[nH]c1. The average molecular weight is 339 g/mol. The molecule has 0 aliphatic carbocycles. The number of thiazole rings is 1. The fraction of sp³-hybridized carbons (Fsp3) is 0.294. The standard InChI is InChI=1S/C17H17N5OS/c23-16(22-7-3-5-15(22)12-9-19-20-10-12)8-13-11-24-17(21-13)14-4-1-2-6-18-14/h1-2,4,6,9-11,15H,3,5,7-8H2,(H,19,20)/t15-/m1/s1. The van der Waals surface area contributed by atoms with Gasteiger partial charge in [-0.1, -0.05) is 6.07 Å². The first kappa shape index (κ1) is 15.0. The third-order valence-corrected chi connectivity index (χ3v) is 5.16. The summed E-state index contributed by atoms with van der Waals surface area (Å²) in [4.78, 5) is 23.5. The van der Waals surface area contributed by atoms with Gasteiger partial charge in [0, 0.05) is 29.9 Å². The summed E-state index contributed by atoms with van der Waals surface area (Å²) in [6.45, 7) is 0.798. The summed E-state index contributed by atoms with van der Waals surface area (Å²) in [6, 6.07) is 5.88. The Bertz CT molecular complexity index is 815. The first-order valence-corrected chi connectivity index (χ1v) is 8.83. The van der Waals surface area contributed by atoms with E-state index in [1.807, 2.05) is 34.7 Å². The normalized spacial score (nSPS) is 17.3. The lowest BCUT2D eigenvalue weighted by molar-refractivity contribution is -0.131. The number of hydrogen-bond donors (Lipinski definition) is 1. The van der Waals surface area contributed by atoms with E-state index >= 15 is 0 Å². The largest absolute Gasteiger partial charge is 0.335 e. The number of likely N-dealkylation sites (tertiary alicyclic amines) is 1. The lowest BCUT2D eigenvalue weighted by Crippen LogP contribution is -2.31. The van der Waals surface area contributed by atoms with Gasteiger partial charge < -0.3 is 4.90 Å². The van der Waals surface area contributed by atoms with Crippen LogP contribution in [-0.4, -0.2) is 37.5 Å². The summed E-state index contributed by atoms with van der Waals surface area (Å²) in [6.07, 6.45) is 7.77. The van der Waals surface area contributed by atoms with Crippen LogP contribution in [0.15, 0.2) is 42.2 Å². The van der Waals surface area contributed by atoms with Gasteiger partial charge in [-0.05, 0) is 25.0 Å². The van der Waals surface area contributed by atoms with E-state index in [4.69, 9.17) is 0 Å². The van der Waals surface area contributed by atoms with E-state index in [9.17, 15) is 4.79 Å². The zero-order valence-corrected chi connectivity index (χ0v) is 13.9. The number of carbonyl (C=O) groups excluding carboxylic acids is 1. The van der Waals surface area contributed by atoms with E-state index in [1.165, 1.54) is 11.3 Å². The number of pyridine rings is 1. The predicted octanol–water partition coefficient (Wildman–Crippen LogP) is 2.83. The van der Waals surface area contributed by atoms with Crippen molar-refractivity contribution in [3.8, 4) is 10.7 Å². The molecule has 24 heavy (non-hydrogen) atoms. The number of H-pyrrole nitrogens is 1. The van der Waals surface area contributed by atoms with E-state index in [1.54, 1.807) is 12.4 Å². The Labute approximate surface area is 143 Å². The minimum absolute atomic E-state index is 0.122. The molecule has 4 rings (SSSR count). The summed E-state index contributed by atoms with van der Waals surface area (Å²) in [5, 5.41) is 9.63. The van der Waals surface area contributed by atoms with E-state index < -0.39 is 0 Å². The molecular formula is C17H17N5OS. The van der Waals surface area contributed by atoms with E-state index in [-0.39, 0.29) is 11.9 Å². The topological polar surface area (TPSA) is 74.8 Å². The van der Waals surface area contributed by atoms with Crippen molar-refractivity contribution in [2.75, 3.05) is 6.54 Å². The van der Waals surface area contributed by atoms with Gasteiger partial charge in [0.2, 0.25) is 5.91 Å². The maximum atomic E-state index is 12.7. The first-order valence-electron chi connectivity index (χ1n) is 7.95. The van der Waals surface area contributed by atoms with Crippen molar-refractivity contribution in [3.63, 3.8) is 0 Å². The van der Waals surface area contributed by atoms with Crippen molar-refractivity contribution >= 4 is 17.2 Å². The number of carbonyl (C=O) groups is 1. The van der Waals surface area contributed by atoms with Gasteiger partial charge in [-0.25, -0.2) is 4.98 Å². The van der Waals surface area contributed by atoms with Crippen molar-refractivity contribution < 1.29 is 4.79 Å². The molecule has 1 aliphatic heterocycles. The van der Waals surface area contributed by atoms with Gasteiger partial charge in [0.15, 0.2) is 0 Å². The second kappa shape index (κ2) is 6.52. The second-order valence-electron chi connectivity index (χ2n) is 5.81. The minimum Gasteiger partial charge on any atom is -0.335 e. The Balaban J connectivity index is 1.47. The monoisotopic (exact) mass is 339 g/mol. The van der Waals surface area contributed by atoms with Crippen molar-refractivity contribution in [2.24, 2.45) is 0 Å². The Morgan fingerprint density at radius 2 is 2.38 bits per heavy atom. The number of aromatic nitrogens is 4. The molecule has 3 aromatic rings. The highest BCUT2D eigenvalue weighted by Crippen LogP contribution is 2.32. The molecule has 1 amide bonds. The molecule has 1 N–H and O–H groups in total. The molecule has 4 heterocycles. The fourth-order valence-electron chi connectivity index (χ4n) is 3.11. The molecular weight excluding hydrogens is 322 g/mol. The van der Waals surface area contributed by atoms with Gasteiger partial charge in [-0.15, -0.1) is 11.3 Å². The molecule has 6 nitrogen and oxygen atoms in total. The van der Waals surface area contributed by atoms with Crippen molar-refractivity contribution in [3.05, 3.63) is 53.4 Å². The minimum atomic E-state index is 0.122. The predicted molar refractivity (Wildman–Crippen MR) is 91.3 cm³/mol. The van der Waals surface area contributed by atoms with Gasteiger partial charge in [-0.2, -0.15) is 5.10 Å². The van der Waals surface area contributed by atoms with Gasteiger partial charge >= 0.3 is 0 Å². The highest BCUT2D eigenvalue weighted by atomic mass is 32.1. The molecule has 0 bridgehead atoms. The zero-order valence-electron chi connectivity index (χ0n) is 13.1. The van der Waals surface area contributed by atoms with Crippen LogP contribution in [0.5, 0.6) is 0 Å². The lowest BCUT2D eigenvalue weighted by atomic mass is 10.1. The molecule has 0 unspecified atom stereocenters. The van der Waals surface area contributed by atoms with Crippen LogP contribution in [0.1, 0.15) is 30.1 Å². The number of nitrogens with one attached hydrogen (secondary N) is 1. The molecule has 1 saturated heterocycles. The maximum absolute atomic E-state index is 12.7. The Morgan fingerprint density at radius 3 is 3.17 bits per heavy atom. The van der Waals surface area contributed by atoms with Crippen molar-refractivity contribution in [1.82, 2.24) is 25.1 Å². The molecule has 7 heteroatoms. The van der Waals surface area contributed by atoms with Gasteiger partial charge in [-0.3, -0.25) is 14.9 Å². The van der Waals surface area contributed by atoms with Crippen LogP contribution in [0.4, 0.5) is 0 Å². The van der Waals surface area contributed by atoms with Crippen LogP contribution in [0.2, 0.25) is 0 Å². The summed E-state index contributed by atoms with van der Waals surface area (Å²) in [5.41, 5.74) is 2.73. The van der Waals surface area contributed by atoms with Crippen LogP contribution in [0.25, 0.3) is 10.7 Å². The number of nitrogens with zero attached hydrogens (tertiary/aromatic N) is 4. The van der Waals surface area contributed by atoms with Gasteiger partial charge in [0.1, 0.15) is 5.01 Å². The molecule has 1 fully saturated rings. The number of hydrogen-bond acceptors (Lipinski definition) is 5. The summed E-state index contributed by atoms with van der Waals surface area (Å²) >= 11 is 1.53. The van der Waals surface area contributed by atoms with Crippen molar-refractivity contribution in [2.45, 2.75) is 25.3 Å². The van der Waals surface area contributed by atoms with Crippen LogP contribution >= 0.6 is 11.3 Å². The van der Waals surface area contributed by atoms with Crippen LogP contribution in [0.3, 0.4) is 0 Å². The number of amides is 1. The lowest BCUT2D eigenvalue weighted by Gasteiger charge is -2.23. The number of aromatic amines is 1. The van der Waals surface area contributed by atoms with E-state index in [0.717, 1.165) is 41.3 Å². The summed E-state index contributed by atoms with van der Waals surface area (Å²) in [7, 11) is 0. The molecule has 0 aromatic carbocycles. The van der Waals surface area contributed by atoms with Crippen LogP contribution in [-0.2, 0) is 11.2 Å². The third kappa shape index (κ3) is 2.94. The average Bonchev–Trinajstić information content (AvgIpc) is 3.36. The summed E-state index contributed by atoms with van der Waals surface area (Å²) in [5.74, 6) is 0.122. The molecule has 1 atom stereocenters. The Kier molecular flexibility index (Phi) is 4.08. The molecule has 0 radical (unpaired) electrons. The van der Waals surface area contributed by atoms with Crippen LogP contribution < -0.4 is 0 Å². The molecule has 122 valence electrons. The third-order valence-electron chi connectivity index (χ3n) is 4.25. The Hall–Kier alpha value is -2.54. The van der Waals surface area contributed by atoms with Crippen LogP contribution in [0, 0.1) is 0 Å². The van der Waals surface area contributed by atoms with Gasteiger partial charge in [0.05, 0.1) is 30.0 Å². The molecule has 0 spiro atoms. The number of rotatable bonds is 4. The van der Waals surface area contributed by atoms with E-state index in [2.05, 4.69) is 20.2 Å². The summed E-state index contributed by atoms with van der Waals surface area (Å²) < 4.78 is 0. The molecule has 1 aliphatic rings. The highest BCUT2D eigenvalue weighted by molar-refractivity contribution is 7.13. The highest BCUT2D eigenvalue weighted by Gasteiger charge is 2.30. The molecule has 3 aromatic heterocycles. The fourth-order valence-corrected chi connectivity index (χ4v) is 3.90.